The standard InChI is InChI=1S/C27H32BrNO2/c1-2-22(10-6-16-28)27(26(11-7-20-30)23-8-4-3-5-9-23)24-12-14-25(15-13-24)31-21-19-29-17-18-29/h2-6,8-10,12-15,30H,7,11,16-21H2,1H3/b10-6-,22-2+,27-26-. The van der Waals surface area contributed by atoms with Gasteiger partial charge in [-0.3, -0.25) is 4.90 Å². The number of halogens is 1. The molecule has 0 radical (unpaired) electrons. The number of ether oxygens (including phenoxy) is 1. The van der Waals surface area contributed by atoms with Gasteiger partial charge in [0.05, 0.1) is 0 Å². The van der Waals surface area contributed by atoms with Crippen LogP contribution in [0.5, 0.6) is 5.75 Å². The van der Waals surface area contributed by atoms with E-state index in [1.54, 1.807) is 0 Å². The average molecular weight is 482 g/mol. The average Bonchev–Trinajstić information content (AvgIpc) is 3.64. The topological polar surface area (TPSA) is 32.5 Å². The zero-order chi connectivity index (χ0) is 21.9. The predicted molar refractivity (Wildman–Crippen MR) is 135 cm³/mol. The molecule has 2 aromatic carbocycles. The molecule has 0 atom stereocenters. The molecule has 1 heterocycles. The van der Waals surface area contributed by atoms with Crippen LogP contribution < -0.4 is 4.74 Å². The van der Waals surface area contributed by atoms with Crippen LogP contribution in [-0.4, -0.2) is 48.2 Å². The highest BCUT2D eigenvalue weighted by atomic mass is 79.9. The summed E-state index contributed by atoms with van der Waals surface area (Å²) in [5.41, 5.74) is 5.97. The minimum Gasteiger partial charge on any atom is -0.492 e. The highest BCUT2D eigenvalue weighted by molar-refractivity contribution is 9.09. The van der Waals surface area contributed by atoms with Gasteiger partial charge < -0.3 is 9.84 Å². The number of alkyl halides is 1. The number of nitrogens with zero attached hydrogens (tertiary/aromatic N) is 1. The van der Waals surface area contributed by atoms with Gasteiger partial charge in [-0.2, -0.15) is 0 Å². The van der Waals surface area contributed by atoms with E-state index in [1.165, 1.54) is 35.4 Å². The molecular weight excluding hydrogens is 450 g/mol. The van der Waals surface area contributed by atoms with Gasteiger partial charge in [0.1, 0.15) is 12.4 Å². The lowest BCUT2D eigenvalue weighted by molar-refractivity contribution is 0.290. The van der Waals surface area contributed by atoms with Crippen molar-refractivity contribution in [2.45, 2.75) is 19.8 Å². The molecule has 1 saturated heterocycles. The smallest absolute Gasteiger partial charge is 0.119 e. The molecule has 0 saturated carbocycles. The Balaban J connectivity index is 1.99. The van der Waals surface area contributed by atoms with Gasteiger partial charge in [-0.1, -0.05) is 76.6 Å². The Bertz CT molecular complexity index is 897. The number of hydrogen-bond acceptors (Lipinski definition) is 3. The number of aliphatic hydroxyl groups is 1. The van der Waals surface area contributed by atoms with Crippen LogP contribution in [0, 0.1) is 0 Å². The highest BCUT2D eigenvalue weighted by Crippen LogP contribution is 2.36. The zero-order valence-corrected chi connectivity index (χ0v) is 19.9. The first kappa shape index (κ1) is 23.5. The Morgan fingerprint density at radius 3 is 2.42 bits per heavy atom. The summed E-state index contributed by atoms with van der Waals surface area (Å²) >= 11 is 3.50. The number of rotatable bonds is 12. The summed E-state index contributed by atoms with van der Waals surface area (Å²) in [5.74, 6) is 0.902. The van der Waals surface area contributed by atoms with Crippen molar-refractivity contribution in [1.29, 1.82) is 0 Å². The maximum Gasteiger partial charge on any atom is 0.119 e. The largest absolute Gasteiger partial charge is 0.492 e. The van der Waals surface area contributed by atoms with Crippen LogP contribution in [0.15, 0.2) is 78.4 Å². The van der Waals surface area contributed by atoms with Crippen molar-refractivity contribution in [3.63, 3.8) is 0 Å². The number of aliphatic hydroxyl groups excluding tert-OH is 1. The molecule has 1 aliphatic rings. The number of benzene rings is 2. The van der Waals surface area contributed by atoms with E-state index >= 15 is 0 Å². The minimum absolute atomic E-state index is 0.176. The van der Waals surface area contributed by atoms with Crippen LogP contribution in [-0.2, 0) is 0 Å². The molecule has 164 valence electrons. The number of hydrogen-bond donors (Lipinski definition) is 1. The van der Waals surface area contributed by atoms with Crippen molar-refractivity contribution in [2.24, 2.45) is 0 Å². The van der Waals surface area contributed by atoms with Crippen LogP contribution in [0.1, 0.15) is 30.9 Å². The second-order valence-electron chi connectivity index (χ2n) is 7.56. The molecule has 3 rings (SSSR count). The fraction of sp³-hybridized carbons (Fsp3) is 0.333. The Hall–Kier alpha value is -2.14. The van der Waals surface area contributed by atoms with Crippen LogP contribution in [0.25, 0.3) is 11.1 Å². The Kier molecular flexibility index (Phi) is 9.60. The SMILES string of the molecule is C/C=C(\C=C/CBr)C(=C(\CCCO)c1ccccc1)/c1ccc(OCCN2CC2)cc1. The quantitative estimate of drug-likeness (QED) is 0.175. The van der Waals surface area contributed by atoms with E-state index in [1.807, 2.05) is 6.07 Å². The molecule has 1 aliphatic heterocycles. The molecule has 0 spiro atoms. The Labute approximate surface area is 194 Å². The van der Waals surface area contributed by atoms with Gasteiger partial charge >= 0.3 is 0 Å². The Morgan fingerprint density at radius 2 is 1.81 bits per heavy atom. The molecular formula is C27H32BrNO2. The summed E-state index contributed by atoms with van der Waals surface area (Å²) in [6.07, 6.45) is 7.98. The van der Waals surface area contributed by atoms with E-state index in [9.17, 15) is 5.11 Å². The first-order valence-electron chi connectivity index (χ1n) is 11.0. The van der Waals surface area contributed by atoms with E-state index in [0.717, 1.165) is 42.6 Å². The van der Waals surface area contributed by atoms with Gasteiger partial charge in [-0.25, -0.2) is 0 Å². The Morgan fingerprint density at radius 1 is 1.06 bits per heavy atom. The summed E-state index contributed by atoms with van der Waals surface area (Å²) in [7, 11) is 0. The lowest BCUT2D eigenvalue weighted by atomic mass is 9.86. The van der Waals surface area contributed by atoms with Crippen LogP contribution >= 0.6 is 15.9 Å². The van der Waals surface area contributed by atoms with Crippen molar-refractivity contribution < 1.29 is 9.84 Å². The van der Waals surface area contributed by atoms with Gasteiger partial charge in [0.2, 0.25) is 0 Å². The fourth-order valence-electron chi connectivity index (χ4n) is 3.62. The van der Waals surface area contributed by atoms with Crippen molar-refractivity contribution in [3.05, 3.63) is 89.5 Å². The van der Waals surface area contributed by atoms with Crippen LogP contribution in [0.2, 0.25) is 0 Å². The van der Waals surface area contributed by atoms with Crippen molar-refractivity contribution in [3.8, 4) is 5.75 Å². The van der Waals surface area contributed by atoms with Crippen molar-refractivity contribution >= 4 is 27.1 Å². The maximum atomic E-state index is 9.54. The summed E-state index contributed by atoms with van der Waals surface area (Å²) in [6, 6.07) is 18.9. The fourth-order valence-corrected chi connectivity index (χ4v) is 3.81. The van der Waals surface area contributed by atoms with Gasteiger partial charge in [-0.05, 0) is 59.7 Å². The summed E-state index contributed by atoms with van der Waals surface area (Å²) in [6.45, 7) is 6.36. The zero-order valence-electron chi connectivity index (χ0n) is 18.3. The molecule has 0 unspecified atom stereocenters. The molecule has 1 fully saturated rings. The third-order valence-electron chi connectivity index (χ3n) is 5.35. The lowest BCUT2D eigenvalue weighted by Crippen LogP contribution is -2.10. The van der Waals surface area contributed by atoms with Crippen LogP contribution in [0.3, 0.4) is 0 Å². The molecule has 4 heteroatoms. The van der Waals surface area contributed by atoms with Crippen molar-refractivity contribution in [1.82, 2.24) is 4.90 Å². The molecule has 2 aromatic rings. The third kappa shape index (κ3) is 7.20. The summed E-state index contributed by atoms with van der Waals surface area (Å²) in [4.78, 5) is 2.36. The molecule has 1 N–H and O–H groups in total. The molecule has 0 amide bonds. The molecule has 3 nitrogen and oxygen atoms in total. The van der Waals surface area contributed by atoms with E-state index < -0.39 is 0 Å². The monoisotopic (exact) mass is 481 g/mol. The van der Waals surface area contributed by atoms with E-state index in [2.05, 4.69) is 94.5 Å². The lowest BCUT2D eigenvalue weighted by Gasteiger charge is -2.18. The number of allylic oxidation sites excluding steroid dienone is 6. The molecule has 31 heavy (non-hydrogen) atoms. The van der Waals surface area contributed by atoms with Gasteiger partial charge in [-0.15, -0.1) is 0 Å². The first-order chi connectivity index (χ1) is 15.3. The van der Waals surface area contributed by atoms with Gasteiger partial charge in [0.15, 0.2) is 0 Å². The normalized spacial score (nSPS) is 15.3. The van der Waals surface area contributed by atoms with Gasteiger partial charge in [0, 0.05) is 31.6 Å². The van der Waals surface area contributed by atoms with Crippen molar-refractivity contribution in [2.75, 3.05) is 38.2 Å². The van der Waals surface area contributed by atoms with Gasteiger partial charge in [0.25, 0.3) is 0 Å². The van der Waals surface area contributed by atoms with Crippen LogP contribution in [0.4, 0.5) is 0 Å². The minimum atomic E-state index is 0.176. The maximum absolute atomic E-state index is 9.54. The highest BCUT2D eigenvalue weighted by Gasteiger charge is 2.17. The van der Waals surface area contributed by atoms with E-state index in [4.69, 9.17) is 4.74 Å². The van der Waals surface area contributed by atoms with E-state index in [0.29, 0.717) is 0 Å². The second-order valence-corrected chi connectivity index (χ2v) is 8.21. The molecule has 0 aromatic heterocycles. The third-order valence-corrected chi connectivity index (χ3v) is 5.73. The summed E-state index contributed by atoms with van der Waals surface area (Å²) < 4.78 is 5.93. The second kappa shape index (κ2) is 12.7. The molecule has 0 bridgehead atoms. The van der Waals surface area contributed by atoms with E-state index in [-0.39, 0.29) is 6.61 Å². The molecule has 0 aliphatic carbocycles. The first-order valence-corrected chi connectivity index (χ1v) is 12.1. The predicted octanol–water partition coefficient (Wildman–Crippen LogP) is 5.96. The summed E-state index contributed by atoms with van der Waals surface area (Å²) in [5, 5.41) is 10.3.